The van der Waals surface area contributed by atoms with E-state index < -0.39 is 15.4 Å². The zero-order valence-electron chi connectivity index (χ0n) is 10.1. The maximum Gasteiger partial charge on any atom is 0.225 e. The van der Waals surface area contributed by atoms with Crippen molar-refractivity contribution in [2.75, 3.05) is 11.5 Å². The summed E-state index contributed by atoms with van der Waals surface area (Å²) in [6.07, 6.45) is 0.562. The van der Waals surface area contributed by atoms with Crippen LogP contribution in [0.1, 0.15) is 38.9 Å². The van der Waals surface area contributed by atoms with Crippen molar-refractivity contribution < 1.29 is 8.42 Å². The molecule has 1 unspecified atom stereocenters. The van der Waals surface area contributed by atoms with Crippen molar-refractivity contribution in [3.8, 4) is 0 Å². The average molecular weight is 278 g/mol. The standard InChI is InChI=1S/C10H16ClN3O2S/c1-7(2)8-12-13-9(11)14(8)10(3)4-5-17(15,16)6-10/h7H,4-6H2,1-3H3. The Hall–Kier alpha value is -0.620. The van der Waals surface area contributed by atoms with E-state index in [1.807, 2.05) is 20.8 Å². The molecule has 1 aromatic heterocycles. The van der Waals surface area contributed by atoms with E-state index in [0.29, 0.717) is 6.42 Å². The second-order valence-corrected chi connectivity index (χ2v) is 7.68. The molecule has 96 valence electrons. The number of aromatic nitrogens is 3. The van der Waals surface area contributed by atoms with Gasteiger partial charge in [0.15, 0.2) is 9.84 Å². The van der Waals surface area contributed by atoms with E-state index in [1.165, 1.54) is 0 Å². The molecule has 0 aliphatic carbocycles. The Labute approximate surface area is 106 Å². The normalized spacial score (nSPS) is 27.8. The Morgan fingerprint density at radius 1 is 1.41 bits per heavy atom. The highest BCUT2D eigenvalue weighted by Gasteiger charge is 2.42. The van der Waals surface area contributed by atoms with E-state index in [4.69, 9.17) is 11.6 Å². The summed E-state index contributed by atoms with van der Waals surface area (Å²) < 4.78 is 25.1. The maximum absolute atomic E-state index is 11.6. The molecule has 1 aliphatic rings. The van der Waals surface area contributed by atoms with Crippen LogP contribution >= 0.6 is 11.6 Å². The van der Waals surface area contributed by atoms with Gasteiger partial charge in [-0.05, 0) is 24.9 Å². The minimum atomic E-state index is -2.97. The summed E-state index contributed by atoms with van der Waals surface area (Å²) in [5, 5.41) is 8.17. The van der Waals surface area contributed by atoms with Gasteiger partial charge in [-0.25, -0.2) is 8.42 Å². The molecule has 0 N–H and O–H groups in total. The fraction of sp³-hybridized carbons (Fsp3) is 0.800. The molecule has 0 spiro atoms. The molecule has 0 bridgehead atoms. The lowest BCUT2D eigenvalue weighted by Gasteiger charge is -2.27. The van der Waals surface area contributed by atoms with Crippen molar-refractivity contribution >= 4 is 21.4 Å². The Balaban J connectivity index is 2.51. The summed E-state index contributed by atoms with van der Waals surface area (Å²) in [4.78, 5) is 0. The molecule has 2 heterocycles. The van der Waals surface area contributed by atoms with Crippen LogP contribution in [0.5, 0.6) is 0 Å². The van der Waals surface area contributed by atoms with Crippen LogP contribution < -0.4 is 0 Å². The number of nitrogens with zero attached hydrogens (tertiary/aromatic N) is 3. The van der Waals surface area contributed by atoms with Crippen LogP contribution in [-0.4, -0.2) is 34.7 Å². The van der Waals surface area contributed by atoms with Gasteiger partial charge >= 0.3 is 0 Å². The highest BCUT2D eigenvalue weighted by Crippen LogP contribution is 2.35. The summed E-state index contributed by atoms with van der Waals surface area (Å²) >= 11 is 6.05. The molecule has 1 aliphatic heterocycles. The van der Waals surface area contributed by atoms with Crippen LogP contribution in [0.2, 0.25) is 5.28 Å². The van der Waals surface area contributed by atoms with Crippen LogP contribution in [0.4, 0.5) is 0 Å². The van der Waals surface area contributed by atoms with Gasteiger partial charge in [-0.3, -0.25) is 4.57 Å². The first kappa shape index (κ1) is 12.8. The van der Waals surface area contributed by atoms with E-state index in [1.54, 1.807) is 4.57 Å². The molecule has 1 aromatic rings. The molecule has 0 saturated carbocycles. The molecule has 1 saturated heterocycles. The molecular formula is C10H16ClN3O2S. The van der Waals surface area contributed by atoms with Gasteiger partial charge in [0, 0.05) is 5.92 Å². The zero-order valence-corrected chi connectivity index (χ0v) is 11.7. The smallest absolute Gasteiger partial charge is 0.225 e. The number of halogens is 1. The van der Waals surface area contributed by atoms with Gasteiger partial charge in [-0.1, -0.05) is 13.8 Å². The molecule has 17 heavy (non-hydrogen) atoms. The van der Waals surface area contributed by atoms with Gasteiger partial charge in [0.25, 0.3) is 0 Å². The molecule has 7 heteroatoms. The average Bonchev–Trinajstić information content (AvgIpc) is 2.68. The Bertz CT molecular complexity index is 538. The van der Waals surface area contributed by atoms with Crippen molar-refractivity contribution in [1.29, 1.82) is 0 Å². The lowest BCUT2D eigenvalue weighted by atomic mass is 10.0. The van der Waals surface area contributed by atoms with E-state index in [2.05, 4.69) is 10.2 Å². The monoisotopic (exact) mass is 277 g/mol. The third-order valence-corrected chi connectivity index (χ3v) is 5.32. The Kier molecular flexibility index (Phi) is 2.98. The lowest BCUT2D eigenvalue weighted by molar-refractivity contribution is 0.348. The van der Waals surface area contributed by atoms with Crippen LogP contribution in [-0.2, 0) is 15.4 Å². The highest BCUT2D eigenvalue weighted by atomic mass is 35.5. The fourth-order valence-corrected chi connectivity index (χ4v) is 4.76. The first-order valence-electron chi connectivity index (χ1n) is 5.57. The Morgan fingerprint density at radius 2 is 2.06 bits per heavy atom. The van der Waals surface area contributed by atoms with Gasteiger partial charge in [0.1, 0.15) is 5.82 Å². The van der Waals surface area contributed by atoms with Crippen LogP contribution in [0.15, 0.2) is 0 Å². The van der Waals surface area contributed by atoms with E-state index in [-0.39, 0.29) is 22.7 Å². The van der Waals surface area contributed by atoms with Crippen LogP contribution in [0, 0.1) is 0 Å². The van der Waals surface area contributed by atoms with Gasteiger partial charge in [-0.15, -0.1) is 10.2 Å². The van der Waals surface area contributed by atoms with Crippen molar-refractivity contribution in [3.05, 3.63) is 11.1 Å². The van der Waals surface area contributed by atoms with Gasteiger partial charge < -0.3 is 0 Å². The second kappa shape index (κ2) is 3.95. The topological polar surface area (TPSA) is 64.8 Å². The van der Waals surface area contributed by atoms with Gasteiger partial charge in [0.05, 0.1) is 17.0 Å². The fourth-order valence-electron chi connectivity index (χ4n) is 2.32. The minimum Gasteiger partial charge on any atom is -0.295 e. The predicted molar refractivity (Wildman–Crippen MR) is 66.0 cm³/mol. The van der Waals surface area contributed by atoms with Crippen molar-refractivity contribution in [2.45, 2.75) is 38.6 Å². The van der Waals surface area contributed by atoms with Crippen molar-refractivity contribution in [3.63, 3.8) is 0 Å². The first-order chi connectivity index (χ1) is 7.75. The number of hydrogen-bond donors (Lipinski definition) is 0. The summed E-state index contributed by atoms with van der Waals surface area (Å²) in [5.74, 6) is 1.22. The van der Waals surface area contributed by atoms with E-state index in [0.717, 1.165) is 5.82 Å². The summed E-state index contributed by atoms with van der Waals surface area (Å²) in [6, 6.07) is 0. The van der Waals surface area contributed by atoms with Crippen LogP contribution in [0.3, 0.4) is 0 Å². The summed E-state index contributed by atoms with van der Waals surface area (Å²) in [7, 11) is -2.97. The van der Waals surface area contributed by atoms with Gasteiger partial charge in [0.2, 0.25) is 5.28 Å². The van der Waals surface area contributed by atoms with Gasteiger partial charge in [-0.2, -0.15) is 0 Å². The van der Waals surface area contributed by atoms with Crippen LogP contribution in [0.25, 0.3) is 0 Å². The highest BCUT2D eigenvalue weighted by molar-refractivity contribution is 7.91. The quantitative estimate of drug-likeness (QED) is 0.823. The second-order valence-electron chi connectivity index (χ2n) is 5.16. The number of hydrogen-bond acceptors (Lipinski definition) is 4. The van der Waals surface area contributed by atoms with E-state index >= 15 is 0 Å². The summed E-state index contributed by atoms with van der Waals surface area (Å²) in [6.45, 7) is 5.88. The summed E-state index contributed by atoms with van der Waals surface area (Å²) in [5.41, 5.74) is -0.515. The lowest BCUT2D eigenvalue weighted by Crippen LogP contribution is -2.33. The molecule has 5 nitrogen and oxygen atoms in total. The van der Waals surface area contributed by atoms with Crippen molar-refractivity contribution in [2.24, 2.45) is 0 Å². The molecule has 0 radical (unpaired) electrons. The Morgan fingerprint density at radius 3 is 2.53 bits per heavy atom. The van der Waals surface area contributed by atoms with Crippen molar-refractivity contribution in [1.82, 2.24) is 14.8 Å². The molecule has 0 aromatic carbocycles. The third kappa shape index (κ3) is 2.20. The molecular weight excluding hydrogens is 262 g/mol. The SMILES string of the molecule is CC(C)c1nnc(Cl)n1C1(C)CCS(=O)(=O)C1. The maximum atomic E-state index is 11.6. The molecule has 0 amide bonds. The largest absolute Gasteiger partial charge is 0.295 e. The minimum absolute atomic E-state index is 0.109. The molecule has 1 fully saturated rings. The first-order valence-corrected chi connectivity index (χ1v) is 7.77. The predicted octanol–water partition coefficient (Wildman–Crippen LogP) is 1.59. The molecule has 2 rings (SSSR count). The van der Waals surface area contributed by atoms with E-state index in [9.17, 15) is 8.42 Å². The molecule has 1 atom stereocenters. The zero-order chi connectivity index (χ0) is 12.8. The number of sulfone groups is 1. The third-order valence-electron chi connectivity index (χ3n) is 3.19. The number of rotatable bonds is 2.